The Morgan fingerprint density at radius 2 is 1.75 bits per heavy atom. The number of aromatic nitrogens is 6. The van der Waals surface area contributed by atoms with E-state index >= 15 is 0 Å². The zero-order chi connectivity index (χ0) is 27.9. The monoisotopic (exact) mass is 542 g/mol. The zero-order valence-electron chi connectivity index (χ0n) is 21.9. The molecule has 0 aliphatic rings. The molecule has 0 saturated carbocycles. The van der Waals surface area contributed by atoms with Crippen molar-refractivity contribution in [3.63, 3.8) is 0 Å². The first kappa shape index (κ1) is 26.4. The molecule has 5 aromatic rings. The van der Waals surface area contributed by atoms with Gasteiger partial charge in [0.2, 0.25) is 5.88 Å². The largest absolute Gasteiger partial charge is 0.482 e. The maximum atomic E-state index is 12.2. The molecule has 0 atom stereocenters. The molecule has 0 aliphatic heterocycles. The van der Waals surface area contributed by atoms with Gasteiger partial charge in [-0.1, -0.05) is 42.5 Å². The minimum Gasteiger partial charge on any atom is -0.482 e. The standard InChI is InChI=1S/C28H26N6O6/c1-3-38-27(36)21-13-30-34(15-21)28-31-25-24(26(32-28)40-16-20-7-5-4-6-8-20)29-18-33(25)14-19-9-11-22(12-10-19)39-17-23(35)37-2/h4-13,15,18H,3,14,16-17H2,1-2H3. The zero-order valence-corrected chi connectivity index (χ0v) is 21.9. The van der Waals surface area contributed by atoms with Crippen LogP contribution in [0.4, 0.5) is 0 Å². The van der Waals surface area contributed by atoms with E-state index in [0.717, 1.165) is 11.1 Å². The number of carbonyl (C=O) groups excluding carboxylic acids is 2. The summed E-state index contributed by atoms with van der Waals surface area (Å²) in [5.41, 5.74) is 3.19. The summed E-state index contributed by atoms with van der Waals surface area (Å²) in [5.74, 6) is 0.0874. The van der Waals surface area contributed by atoms with Gasteiger partial charge in [0, 0.05) is 6.20 Å². The highest BCUT2D eigenvalue weighted by Gasteiger charge is 2.18. The molecule has 3 heterocycles. The molecule has 0 bridgehead atoms. The maximum Gasteiger partial charge on any atom is 0.343 e. The fraction of sp³-hybridized carbons (Fsp3) is 0.214. The van der Waals surface area contributed by atoms with Crippen molar-refractivity contribution in [1.29, 1.82) is 0 Å². The number of fused-ring (bicyclic) bond motifs is 1. The molecule has 0 radical (unpaired) electrons. The second kappa shape index (κ2) is 12.1. The van der Waals surface area contributed by atoms with E-state index < -0.39 is 11.9 Å². The van der Waals surface area contributed by atoms with Gasteiger partial charge in [0.05, 0.1) is 38.3 Å². The number of hydrogen-bond donors (Lipinski definition) is 0. The van der Waals surface area contributed by atoms with Crippen LogP contribution in [-0.4, -0.2) is 61.6 Å². The van der Waals surface area contributed by atoms with Crippen LogP contribution in [0.3, 0.4) is 0 Å². The Hall–Kier alpha value is -5.26. The van der Waals surface area contributed by atoms with E-state index in [0.29, 0.717) is 23.5 Å². The lowest BCUT2D eigenvalue weighted by atomic mass is 10.2. The van der Waals surface area contributed by atoms with Crippen LogP contribution >= 0.6 is 0 Å². The Kier molecular flexibility index (Phi) is 7.95. The Morgan fingerprint density at radius 1 is 0.950 bits per heavy atom. The van der Waals surface area contributed by atoms with Gasteiger partial charge in [0.1, 0.15) is 12.4 Å². The number of hydrogen-bond acceptors (Lipinski definition) is 10. The van der Waals surface area contributed by atoms with Gasteiger partial charge in [0.25, 0.3) is 5.95 Å². The lowest BCUT2D eigenvalue weighted by Gasteiger charge is -2.10. The number of methoxy groups -OCH3 is 1. The Morgan fingerprint density at radius 3 is 2.50 bits per heavy atom. The summed E-state index contributed by atoms with van der Waals surface area (Å²) in [5, 5.41) is 4.26. The van der Waals surface area contributed by atoms with Gasteiger partial charge < -0.3 is 23.5 Å². The van der Waals surface area contributed by atoms with Crippen molar-refractivity contribution in [2.45, 2.75) is 20.1 Å². The molecule has 0 fully saturated rings. The third-order valence-corrected chi connectivity index (χ3v) is 5.80. The number of imidazole rings is 1. The van der Waals surface area contributed by atoms with Crippen LogP contribution in [0, 0.1) is 0 Å². The first-order chi connectivity index (χ1) is 19.5. The van der Waals surface area contributed by atoms with Crippen LogP contribution < -0.4 is 9.47 Å². The van der Waals surface area contributed by atoms with Crippen LogP contribution in [0.15, 0.2) is 73.3 Å². The average molecular weight is 543 g/mol. The summed E-state index contributed by atoms with van der Waals surface area (Å²) in [6, 6.07) is 17.0. The summed E-state index contributed by atoms with van der Waals surface area (Å²) in [4.78, 5) is 37.3. The average Bonchev–Trinajstić information content (AvgIpc) is 3.64. The van der Waals surface area contributed by atoms with Crippen LogP contribution in [0.25, 0.3) is 17.1 Å². The van der Waals surface area contributed by atoms with E-state index in [9.17, 15) is 9.59 Å². The number of nitrogens with zero attached hydrogens (tertiary/aromatic N) is 6. The van der Waals surface area contributed by atoms with Gasteiger partial charge in [-0.3, -0.25) is 0 Å². The van der Waals surface area contributed by atoms with Crippen LogP contribution in [-0.2, 0) is 27.4 Å². The van der Waals surface area contributed by atoms with Gasteiger partial charge in [0.15, 0.2) is 17.8 Å². The second-order valence-electron chi connectivity index (χ2n) is 8.55. The van der Waals surface area contributed by atoms with Gasteiger partial charge in [-0.05, 0) is 30.2 Å². The molecular formula is C28H26N6O6. The minimum atomic E-state index is -0.487. The minimum absolute atomic E-state index is 0.168. The smallest absolute Gasteiger partial charge is 0.343 e. The fourth-order valence-corrected chi connectivity index (χ4v) is 3.79. The van der Waals surface area contributed by atoms with Gasteiger partial charge in [-0.15, -0.1) is 0 Å². The fourth-order valence-electron chi connectivity index (χ4n) is 3.79. The number of ether oxygens (including phenoxy) is 4. The van der Waals surface area contributed by atoms with E-state index in [4.69, 9.17) is 19.2 Å². The van der Waals surface area contributed by atoms with Crippen LogP contribution in [0.1, 0.15) is 28.4 Å². The highest BCUT2D eigenvalue weighted by molar-refractivity contribution is 5.88. The number of rotatable bonds is 11. The molecule has 0 N–H and O–H groups in total. The van der Waals surface area contributed by atoms with E-state index in [1.54, 1.807) is 25.4 Å². The van der Waals surface area contributed by atoms with Crippen molar-refractivity contribution in [2.75, 3.05) is 20.3 Å². The molecule has 2 aromatic carbocycles. The van der Waals surface area contributed by atoms with Gasteiger partial charge in [-0.2, -0.15) is 15.1 Å². The number of esters is 2. The SMILES string of the molecule is CCOC(=O)c1cnn(-c2nc(OCc3ccccc3)c3ncn(Cc4ccc(OCC(=O)OC)cc4)c3n2)c1. The number of benzene rings is 2. The molecule has 3 aromatic heterocycles. The highest BCUT2D eigenvalue weighted by atomic mass is 16.6. The molecule has 204 valence electrons. The molecule has 0 aliphatic carbocycles. The van der Waals surface area contributed by atoms with Crippen molar-refractivity contribution in [3.05, 3.63) is 90.0 Å². The summed E-state index contributed by atoms with van der Waals surface area (Å²) < 4.78 is 24.4. The Bertz CT molecular complexity index is 1610. The van der Waals surface area contributed by atoms with Crippen LogP contribution in [0.2, 0.25) is 0 Å². The number of carbonyl (C=O) groups is 2. The Balaban J connectivity index is 1.45. The van der Waals surface area contributed by atoms with Gasteiger partial charge >= 0.3 is 11.9 Å². The first-order valence-corrected chi connectivity index (χ1v) is 12.4. The summed E-state index contributed by atoms with van der Waals surface area (Å²) >= 11 is 0. The van der Waals surface area contributed by atoms with Crippen LogP contribution in [0.5, 0.6) is 11.6 Å². The first-order valence-electron chi connectivity index (χ1n) is 12.4. The lowest BCUT2D eigenvalue weighted by Crippen LogP contribution is -2.12. The molecule has 40 heavy (non-hydrogen) atoms. The second-order valence-corrected chi connectivity index (χ2v) is 8.55. The summed E-state index contributed by atoms with van der Waals surface area (Å²) in [7, 11) is 1.31. The summed E-state index contributed by atoms with van der Waals surface area (Å²) in [6.45, 7) is 2.54. The molecule has 0 saturated heterocycles. The quantitative estimate of drug-likeness (QED) is 0.229. The third-order valence-electron chi connectivity index (χ3n) is 5.80. The molecule has 12 heteroatoms. The van der Waals surface area contributed by atoms with E-state index in [1.165, 1.54) is 24.2 Å². The summed E-state index contributed by atoms with van der Waals surface area (Å²) in [6.07, 6.45) is 4.57. The van der Waals surface area contributed by atoms with Crippen molar-refractivity contribution in [3.8, 4) is 17.6 Å². The predicted octanol–water partition coefficient (Wildman–Crippen LogP) is 3.37. The molecule has 0 unspecified atom stereocenters. The van der Waals surface area contributed by atoms with Gasteiger partial charge in [-0.25, -0.2) is 19.3 Å². The molecule has 0 spiro atoms. The maximum absolute atomic E-state index is 12.2. The van der Waals surface area contributed by atoms with E-state index in [-0.39, 0.29) is 37.2 Å². The van der Waals surface area contributed by atoms with Crippen molar-refractivity contribution < 1.29 is 28.5 Å². The van der Waals surface area contributed by atoms with Crippen molar-refractivity contribution in [1.82, 2.24) is 29.3 Å². The lowest BCUT2D eigenvalue weighted by molar-refractivity contribution is -0.142. The Labute approximate surface area is 229 Å². The third kappa shape index (κ3) is 6.07. The topological polar surface area (TPSA) is 132 Å². The molecule has 12 nitrogen and oxygen atoms in total. The normalized spacial score (nSPS) is 10.8. The predicted molar refractivity (Wildman–Crippen MR) is 142 cm³/mol. The van der Waals surface area contributed by atoms with E-state index in [1.807, 2.05) is 47.0 Å². The van der Waals surface area contributed by atoms with Crippen molar-refractivity contribution in [2.24, 2.45) is 0 Å². The molecule has 5 rings (SSSR count). The van der Waals surface area contributed by atoms with Crippen molar-refractivity contribution >= 4 is 23.1 Å². The van der Waals surface area contributed by atoms with E-state index in [2.05, 4.69) is 19.8 Å². The highest BCUT2D eigenvalue weighted by Crippen LogP contribution is 2.25. The molecule has 0 amide bonds. The molecular weight excluding hydrogens is 516 g/mol.